The monoisotopic (exact) mass is 213 g/mol. The molecule has 0 radical (unpaired) electrons. The maximum atomic E-state index is 8.30. The van der Waals surface area contributed by atoms with Gasteiger partial charge in [0, 0.05) is 17.9 Å². The number of hydrogen-bond acceptors (Lipinski definition) is 3. The maximum absolute atomic E-state index is 8.30. The van der Waals surface area contributed by atoms with Crippen LogP contribution in [-0.4, -0.2) is 26.0 Å². The van der Waals surface area contributed by atoms with Gasteiger partial charge in [0.15, 0.2) is 6.29 Å². The molecule has 1 heterocycles. The second-order valence-electron chi connectivity index (χ2n) is 4.27. The predicted octanol–water partition coefficient (Wildman–Crippen LogP) is 2.58. The van der Waals surface area contributed by atoms with Crippen molar-refractivity contribution in [2.24, 2.45) is 22.9 Å². The molecule has 15 heavy (non-hydrogen) atoms. The quantitative estimate of drug-likeness (QED) is 0.411. The van der Waals surface area contributed by atoms with Gasteiger partial charge in [-0.2, -0.15) is 0 Å². The van der Waals surface area contributed by atoms with Gasteiger partial charge in [0.2, 0.25) is 0 Å². The summed E-state index contributed by atoms with van der Waals surface area (Å²) in [4.78, 5) is 2.76. The topological polar surface area (TPSA) is 67.2 Å². The minimum Gasteiger partial charge on any atom is -0.356 e. The molecule has 0 saturated carbocycles. The lowest BCUT2D eigenvalue weighted by Gasteiger charge is -2.42. The third kappa shape index (κ3) is 2.62. The SMILES string of the molecule is COC1OC(CN=[N+]=[N-])C(C)C(C)C1C. The molecule has 0 amide bonds. The third-order valence-corrected chi connectivity index (χ3v) is 3.54. The predicted molar refractivity (Wildman–Crippen MR) is 57.2 cm³/mol. The molecule has 5 unspecified atom stereocenters. The summed E-state index contributed by atoms with van der Waals surface area (Å²) < 4.78 is 11.0. The van der Waals surface area contributed by atoms with Crippen LogP contribution in [-0.2, 0) is 9.47 Å². The molecule has 5 atom stereocenters. The highest BCUT2D eigenvalue weighted by atomic mass is 16.7. The molecule has 0 aromatic rings. The van der Waals surface area contributed by atoms with Crippen molar-refractivity contribution in [3.05, 3.63) is 10.4 Å². The van der Waals surface area contributed by atoms with Gasteiger partial charge in [0.05, 0.1) is 12.6 Å². The highest BCUT2D eigenvalue weighted by Gasteiger charge is 2.38. The Morgan fingerprint density at radius 3 is 2.47 bits per heavy atom. The van der Waals surface area contributed by atoms with E-state index in [9.17, 15) is 0 Å². The summed E-state index contributed by atoms with van der Waals surface area (Å²) in [7, 11) is 1.65. The zero-order valence-corrected chi connectivity index (χ0v) is 9.75. The van der Waals surface area contributed by atoms with Gasteiger partial charge in [-0.1, -0.05) is 25.9 Å². The van der Waals surface area contributed by atoms with Crippen molar-refractivity contribution in [3.8, 4) is 0 Å². The minimum absolute atomic E-state index is 0.0305. The highest BCUT2D eigenvalue weighted by molar-refractivity contribution is 4.83. The summed E-state index contributed by atoms with van der Waals surface area (Å²) in [6, 6.07) is 0. The van der Waals surface area contributed by atoms with Crippen LogP contribution >= 0.6 is 0 Å². The summed E-state index contributed by atoms with van der Waals surface area (Å²) in [5, 5.41) is 3.57. The number of ether oxygens (including phenoxy) is 2. The molecule has 5 nitrogen and oxygen atoms in total. The number of azide groups is 1. The maximum Gasteiger partial charge on any atom is 0.160 e. The first-order valence-corrected chi connectivity index (χ1v) is 5.31. The first kappa shape index (κ1) is 12.3. The normalized spacial score (nSPS) is 40.9. The van der Waals surface area contributed by atoms with Crippen LogP contribution in [0.15, 0.2) is 5.11 Å². The minimum atomic E-state index is -0.185. The molecule has 0 bridgehead atoms. The summed E-state index contributed by atoms with van der Waals surface area (Å²) in [5.41, 5.74) is 8.30. The Labute approximate surface area is 90.4 Å². The van der Waals surface area contributed by atoms with Crippen LogP contribution in [0.1, 0.15) is 20.8 Å². The Morgan fingerprint density at radius 1 is 1.27 bits per heavy atom. The van der Waals surface area contributed by atoms with Gasteiger partial charge in [-0.15, -0.1) is 0 Å². The first-order valence-electron chi connectivity index (χ1n) is 5.31. The van der Waals surface area contributed by atoms with E-state index in [1.54, 1.807) is 7.11 Å². The molecule has 1 rings (SSSR count). The molecular weight excluding hydrogens is 194 g/mol. The van der Waals surface area contributed by atoms with Gasteiger partial charge in [-0.05, 0) is 17.4 Å². The van der Waals surface area contributed by atoms with Crippen molar-refractivity contribution < 1.29 is 9.47 Å². The number of hydrogen-bond donors (Lipinski definition) is 0. The zero-order valence-electron chi connectivity index (χ0n) is 9.75. The summed E-state index contributed by atoms with van der Waals surface area (Å²) >= 11 is 0. The molecule has 1 saturated heterocycles. The second kappa shape index (κ2) is 5.35. The molecule has 0 N–H and O–H groups in total. The van der Waals surface area contributed by atoms with Crippen LogP contribution < -0.4 is 0 Å². The van der Waals surface area contributed by atoms with E-state index in [1.807, 2.05) is 0 Å². The van der Waals surface area contributed by atoms with Crippen LogP contribution in [0.4, 0.5) is 0 Å². The fourth-order valence-electron chi connectivity index (χ4n) is 2.08. The van der Waals surface area contributed by atoms with Crippen molar-refractivity contribution in [1.29, 1.82) is 0 Å². The van der Waals surface area contributed by atoms with E-state index in [4.69, 9.17) is 15.0 Å². The molecule has 0 aromatic carbocycles. The van der Waals surface area contributed by atoms with Crippen LogP contribution in [0, 0.1) is 17.8 Å². The summed E-state index contributed by atoms with van der Waals surface area (Å²) in [5.74, 6) is 1.26. The van der Waals surface area contributed by atoms with E-state index in [0.717, 1.165) is 0 Å². The Kier molecular flexibility index (Phi) is 4.39. The van der Waals surface area contributed by atoms with E-state index in [-0.39, 0.29) is 12.4 Å². The van der Waals surface area contributed by atoms with Gasteiger partial charge >= 0.3 is 0 Å². The van der Waals surface area contributed by atoms with Crippen LogP contribution in [0.3, 0.4) is 0 Å². The lowest BCUT2D eigenvalue weighted by Crippen LogP contribution is -2.46. The average molecular weight is 213 g/mol. The van der Waals surface area contributed by atoms with E-state index >= 15 is 0 Å². The van der Waals surface area contributed by atoms with E-state index in [1.165, 1.54) is 0 Å². The van der Waals surface area contributed by atoms with Gasteiger partial charge < -0.3 is 9.47 Å². The molecule has 86 valence electrons. The van der Waals surface area contributed by atoms with Gasteiger partial charge in [0.1, 0.15) is 0 Å². The van der Waals surface area contributed by atoms with Gasteiger partial charge in [0.25, 0.3) is 0 Å². The van der Waals surface area contributed by atoms with Crippen LogP contribution in [0.25, 0.3) is 10.4 Å². The van der Waals surface area contributed by atoms with Crippen molar-refractivity contribution >= 4 is 0 Å². The average Bonchev–Trinajstić information content (AvgIpc) is 2.25. The highest BCUT2D eigenvalue weighted by Crippen LogP contribution is 2.35. The standard InChI is InChI=1S/C10H19N3O2/c1-6-7(2)9(5-12-13-11)15-10(14-4)8(6)3/h6-10H,5H2,1-4H3. The molecule has 0 aliphatic carbocycles. The largest absolute Gasteiger partial charge is 0.356 e. The van der Waals surface area contributed by atoms with E-state index in [2.05, 4.69) is 30.8 Å². The van der Waals surface area contributed by atoms with Crippen molar-refractivity contribution in [3.63, 3.8) is 0 Å². The molecule has 1 fully saturated rings. The van der Waals surface area contributed by atoms with E-state index < -0.39 is 0 Å². The van der Waals surface area contributed by atoms with Crippen LogP contribution in [0.2, 0.25) is 0 Å². The fraction of sp³-hybridized carbons (Fsp3) is 1.00. The Balaban J connectivity index is 2.69. The lowest BCUT2D eigenvalue weighted by atomic mass is 9.79. The molecule has 0 aromatic heterocycles. The third-order valence-electron chi connectivity index (χ3n) is 3.54. The van der Waals surface area contributed by atoms with Crippen molar-refractivity contribution in [2.75, 3.05) is 13.7 Å². The Hall–Kier alpha value is -0.770. The zero-order chi connectivity index (χ0) is 11.4. The summed E-state index contributed by atoms with van der Waals surface area (Å²) in [6.45, 7) is 6.82. The first-order chi connectivity index (χ1) is 7.11. The number of methoxy groups -OCH3 is 1. The second-order valence-corrected chi connectivity index (χ2v) is 4.27. The molecule has 1 aliphatic heterocycles. The molecular formula is C10H19N3O2. The van der Waals surface area contributed by atoms with Gasteiger partial charge in [-0.25, -0.2) is 0 Å². The van der Waals surface area contributed by atoms with E-state index in [0.29, 0.717) is 24.3 Å². The van der Waals surface area contributed by atoms with Crippen molar-refractivity contribution in [2.45, 2.75) is 33.2 Å². The number of rotatable bonds is 3. The molecule has 0 spiro atoms. The fourth-order valence-corrected chi connectivity index (χ4v) is 2.08. The molecule has 1 aliphatic rings. The lowest BCUT2D eigenvalue weighted by molar-refractivity contribution is -0.234. The Morgan fingerprint density at radius 2 is 1.93 bits per heavy atom. The Bertz CT molecular complexity index is 251. The number of nitrogens with zero attached hydrogens (tertiary/aromatic N) is 3. The van der Waals surface area contributed by atoms with Gasteiger partial charge in [-0.3, -0.25) is 0 Å². The smallest absolute Gasteiger partial charge is 0.160 e. The summed E-state index contributed by atoms with van der Waals surface area (Å²) in [6.07, 6.45) is -0.216. The van der Waals surface area contributed by atoms with Crippen molar-refractivity contribution in [1.82, 2.24) is 0 Å². The molecule has 5 heteroatoms. The van der Waals surface area contributed by atoms with Crippen LogP contribution in [0.5, 0.6) is 0 Å².